The molecule has 0 aromatic carbocycles. The van der Waals surface area contributed by atoms with E-state index in [1.165, 1.54) is 0 Å². The SMILES string of the molecule is CO[B]NCCCBr. The van der Waals surface area contributed by atoms with Gasteiger partial charge >= 0.3 is 7.62 Å². The van der Waals surface area contributed by atoms with Gasteiger partial charge in [0.15, 0.2) is 0 Å². The van der Waals surface area contributed by atoms with Gasteiger partial charge in [-0.1, -0.05) is 15.9 Å². The van der Waals surface area contributed by atoms with Gasteiger partial charge in [0.05, 0.1) is 0 Å². The van der Waals surface area contributed by atoms with Crippen LogP contribution in [0.4, 0.5) is 0 Å². The average molecular weight is 179 g/mol. The van der Waals surface area contributed by atoms with Crippen LogP contribution in [0.25, 0.3) is 0 Å². The van der Waals surface area contributed by atoms with Gasteiger partial charge in [0.25, 0.3) is 0 Å². The summed E-state index contributed by atoms with van der Waals surface area (Å²) in [7, 11) is 3.21. The number of rotatable bonds is 5. The molecular weight excluding hydrogens is 169 g/mol. The van der Waals surface area contributed by atoms with E-state index in [1.807, 2.05) is 0 Å². The Morgan fingerprint density at radius 3 is 3.00 bits per heavy atom. The number of halogens is 1. The van der Waals surface area contributed by atoms with E-state index < -0.39 is 0 Å². The van der Waals surface area contributed by atoms with E-state index in [-0.39, 0.29) is 0 Å². The van der Waals surface area contributed by atoms with E-state index >= 15 is 0 Å². The van der Waals surface area contributed by atoms with Crippen LogP contribution < -0.4 is 5.23 Å². The monoisotopic (exact) mass is 178 g/mol. The fourth-order valence-corrected chi connectivity index (χ4v) is 0.592. The highest BCUT2D eigenvalue weighted by molar-refractivity contribution is 9.09. The van der Waals surface area contributed by atoms with Crippen LogP contribution in [0, 0.1) is 0 Å². The van der Waals surface area contributed by atoms with Crippen LogP contribution in [0.3, 0.4) is 0 Å². The van der Waals surface area contributed by atoms with Crippen LogP contribution in [0.15, 0.2) is 0 Å². The zero-order valence-corrected chi connectivity index (χ0v) is 6.57. The van der Waals surface area contributed by atoms with Crippen molar-refractivity contribution in [2.45, 2.75) is 6.42 Å². The highest BCUT2D eigenvalue weighted by Gasteiger charge is 1.85. The van der Waals surface area contributed by atoms with Crippen LogP contribution in [-0.4, -0.2) is 26.6 Å². The maximum absolute atomic E-state index is 4.64. The maximum atomic E-state index is 4.64. The summed E-state index contributed by atoms with van der Waals surface area (Å²) in [6.07, 6.45) is 1.12. The largest absolute Gasteiger partial charge is 0.427 e. The van der Waals surface area contributed by atoms with Crippen LogP contribution >= 0.6 is 15.9 Å². The fourth-order valence-electron chi connectivity index (χ4n) is 0.311. The van der Waals surface area contributed by atoms with Crippen molar-refractivity contribution in [3.63, 3.8) is 0 Å². The van der Waals surface area contributed by atoms with Gasteiger partial charge in [-0.25, -0.2) is 0 Å². The molecule has 0 amide bonds. The number of hydrogen-bond donors (Lipinski definition) is 1. The minimum Gasteiger partial charge on any atom is -0.427 e. The Kier molecular flexibility index (Phi) is 7.90. The third kappa shape index (κ3) is 6.46. The Hall–Kier alpha value is 0.465. The molecule has 4 heteroatoms. The summed E-state index contributed by atoms with van der Waals surface area (Å²) in [5.41, 5.74) is 0. The van der Waals surface area contributed by atoms with Gasteiger partial charge in [-0.05, 0) is 13.0 Å². The van der Waals surface area contributed by atoms with Gasteiger partial charge in [0.2, 0.25) is 0 Å². The van der Waals surface area contributed by atoms with Crippen molar-refractivity contribution in [2.24, 2.45) is 0 Å². The molecular formula is C4H10BBrNO. The van der Waals surface area contributed by atoms with E-state index in [4.69, 9.17) is 0 Å². The standard InChI is InChI=1S/C4H10BBrNO/c1-8-5-7-4-2-3-6/h7H,2-4H2,1H3. The van der Waals surface area contributed by atoms with Crippen molar-refractivity contribution in [1.29, 1.82) is 0 Å². The molecule has 0 aromatic heterocycles. The van der Waals surface area contributed by atoms with E-state index in [1.54, 1.807) is 14.7 Å². The van der Waals surface area contributed by atoms with Crippen molar-refractivity contribution >= 4 is 23.5 Å². The molecule has 1 N–H and O–H groups in total. The van der Waals surface area contributed by atoms with E-state index in [0.717, 1.165) is 18.3 Å². The van der Waals surface area contributed by atoms with Crippen LogP contribution in [-0.2, 0) is 4.65 Å². The van der Waals surface area contributed by atoms with Crippen molar-refractivity contribution in [3.05, 3.63) is 0 Å². The number of alkyl halides is 1. The third-order valence-electron chi connectivity index (χ3n) is 0.656. The Balaban J connectivity index is 2.53. The zero-order chi connectivity index (χ0) is 6.24. The van der Waals surface area contributed by atoms with Gasteiger partial charge in [-0.2, -0.15) is 0 Å². The highest BCUT2D eigenvalue weighted by atomic mass is 79.9. The molecule has 8 heavy (non-hydrogen) atoms. The molecule has 0 bridgehead atoms. The first kappa shape index (κ1) is 8.46. The van der Waals surface area contributed by atoms with Gasteiger partial charge < -0.3 is 9.88 Å². The summed E-state index contributed by atoms with van der Waals surface area (Å²) >= 11 is 3.31. The first-order valence-electron chi connectivity index (χ1n) is 2.55. The van der Waals surface area contributed by atoms with Crippen molar-refractivity contribution in [2.75, 3.05) is 19.0 Å². The molecule has 0 aliphatic heterocycles. The Morgan fingerprint density at radius 1 is 1.75 bits per heavy atom. The first-order chi connectivity index (χ1) is 3.91. The molecule has 0 unspecified atom stereocenters. The zero-order valence-electron chi connectivity index (χ0n) is 4.98. The van der Waals surface area contributed by atoms with Gasteiger partial charge in [0, 0.05) is 12.4 Å². The van der Waals surface area contributed by atoms with Crippen molar-refractivity contribution in [3.8, 4) is 0 Å². The second-order valence-corrected chi connectivity index (χ2v) is 2.14. The molecule has 0 saturated heterocycles. The topological polar surface area (TPSA) is 21.3 Å². The molecule has 0 fully saturated rings. The smallest absolute Gasteiger partial charge is 0.395 e. The second kappa shape index (κ2) is 7.46. The highest BCUT2D eigenvalue weighted by Crippen LogP contribution is 1.82. The molecule has 2 nitrogen and oxygen atoms in total. The second-order valence-electron chi connectivity index (χ2n) is 1.35. The third-order valence-corrected chi connectivity index (χ3v) is 1.22. The fraction of sp³-hybridized carbons (Fsp3) is 1.00. The van der Waals surface area contributed by atoms with Gasteiger partial charge in [-0.15, -0.1) is 0 Å². The van der Waals surface area contributed by atoms with Gasteiger partial charge in [-0.3, -0.25) is 0 Å². The molecule has 0 spiro atoms. The maximum Gasteiger partial charge on any atom is 0.395 e. The van der Waals surface area contributed by atoms with Crippen molar-refractivity contribution < 1.29 is 4.65 Å². The predicted molar refractivity (Wildman–Crippen MR) is 39.2 cm³/mol. The molecule has 0 atom stereocenters. The lowest BCUT2D eigenvalue weighted by Gasteiger charge is -1.95. The van der Waals surface area contributed by atoms with Crippen LogP contribution in [0.1, 0.15) is 6.42 Å². The summed E-state index contributed by atoms with van der Waals surface area (Å²) in [6, 6.07) is 0. The minimum atomic E-state index is 0.971. The normalized spacial score (nSPS) is 9.25. The Morgan fingerprint density at radius 2 is 2.50 bits per heavy atom. The lowest BCUT2D eigenvalue weighted by molar-refractivity contribution is 0.431. The van der Waals surface area contributed by atoms with Crippen LogP contribution in [0.2, 0.25) is 0 Å². The quantitative estimate of drug-likeness (QED) is 0.377. The first-order valence-corrected chi connectivity index (χ1v) is 3.67. The van der Waals surface area contributed by atoms with E-state index in [0.29, 0.717) is 0 Å². The summed E-state index contributed by atoms with van der Waals surface area (Å²) in [6.45, 7) is 0.971. The Bertz CT molecular complexity index is 41.0. The van der Waals surface area contributed by atoms with Gasteiger partial charge in [0.1, 0.15) is 0 Å². The van der Waals surface area contributed by atoms with E-state index in [2.05, 4.69) is 25.8 Å². The lowest BCUT2D eigenvalue weighted by atomic mass is 10.2. The minimum absolute atomic E-state index is 0.971. The van der Waals surface area contributed by atoms with E-state index in [9.17, 15) is 0 Å². The molecule has 0 aliphatic rings. The summed E-state index contributed by atoms with van der Waals surface area (Å²) < 4.78 is 4.64. The predicted octanol–water partition coefficient (Wildman–Crippen LogP) is 0.542. The molecule has 0 rings (SSSR count). The summed E-state index contributed by atoms with van der Waals surface area (Å²) in [5, 5.41) is 4.00. The number of nitrogens with one attached hydrogen (secondary N) is 1. The Labute approximate surface area is 59.4 Å². The van der Waals surface area contributed by atoms with Crippen LogP contribution in [0.5, 0.6) is 0 Å². The molecule has 0 saturated carbocycles. The number of hydrogen-bond acceptors (Lipinski definition) is 2. The molecule has 0 aromatic rings. The van der Waals surface area contributed by atoms with Crippen molar-refractivity contribution in [1.82, 2.24) is 5.23 Å². The molecule has 0 heterocycles. The summed E-state index contributed by atoms with van der Waals surface area (Å²) in [4.78, 5) is 0. The molecule has 47 valence electrons. The average Bonchev–Trinajstić information content (AvgIpc) is 1.81. The molecule has 0 aliphatic carbocycles. The molecule has 1 radical (unpaired) electrons. The lowest BCUT2D eigenvalue weighted by Crippen LogP contribution is -2.21. The summed E-state index contributed by atoms with van der Waals surface area (Å²) in [5.74, 6) is 0.